The van der Waals surface area contributed by atoms with Crippen LogP contribution in [0.25, 0.3) is 76.5 Å². The standard InChI is InChI=1S/C44H27NO2/c1-3-14-28(15-4-1)29-26-38(42-40(27-29)47-44-35-22-10-8-19-32(35)31-18-7-9-21-34(31)41(42)44)45(30-16-5-2-6-17-30)37-24-13-23-36-33-20-11-12-25-39(33)46-43(36)37/h1-27H. The third-order valence-electron chi connectivity index (χ3n) is 9.42. The summed E-state index contributed by atoms with van der Waals surface area (Å²) in [5.41, 5.74) is 8.70. The fourth-order valence-corrected chi connectivity index (χ4v) is 7.37. The Balaban J connectivity index is 1.41. The van der Waals surface area contributed by atoms with Gasteiger partial charge >= 0.3 is 0 Å². The molecule has 8 aromatic carbocycles. The second kappa shape index (κ2) is 10.1. The fraction of sp³-hybridized carbons (Fsp3) is 0. The van der Waals surface area contributed by atoms with E-state index in [0.29, 0.717) is 0 Å². The smallest absolute Gasteiger partial charge is 0.159 e. The lowest BCUT2D eigenvalue weighted by Crippen LogP contribution is -2.10. The molecule has 0 aliphatic rings. The lowest BCUT2D eigenvalue weighted by atomic mass is 9.95. The molecule has 0 aliphatic heterocycles. The van der Waals surface area contributed by atoms with Crippen LogP contribution in [0.5, 0.6) is 0 Å². The van der Waals surface area contributed by atoms with Crippen molar-refractivity contribution in [2.45, 2.75) is 0 Å². The highest BCUT2D eigenvalue weighted by atomic mass is 16.3. The van der Waals surface area contributed by atoms with Crippen molar-refractivity contribution in [3.8, 4) is 11.1 Å². The van der Waals surface area contributed by atoms with Crippen molar-refractivity contribution in [2.24, 2.45) is 0 Å². The van der Waals surface area contributed by atoms with Gasteiger partial charge in [-0.3, -0.25) is 0 Å². The van der Waals surface area contributed by atoms with Crippen molar-refractivity contribution in [2.75, 3.05) is 4.90 Å². The van der Waals surface area contributed by atoms with E-state index in [2.05, 4.69) is 157 Å². The van der Waals surface area contributed by atoms with Crippen LogP contribution in [0.15, 0.2) is 173 Å². The number of rotatable bonds is 4. The summed E-state index contributed by atoms with van der Waals surface area (Å²) in [5, 5.41) is 9.04. The largest absolute Gasteiger partial charge is 0.455 e. The van der Waals surface area contributed by atoms with E-state index < -0.39 is 0 Å². The van der Waals surface area contributed by atoms with Crippen LogP contribution in [-0.4, -0.2) is 0 Å². The minimum atomic E-state index is 0.843. The number of para-hydroxylation sites is 3. The zero-order chi connectivity index (χ0) is 30.9. The summed E-state index contributed by atoms with van der Waals surface area (Å²) in [4.78, 5) is 2.35. The van der Waals surface area contributed by atoms with Gasteiger partial charge in [0.2, 0.25) is 0 Å². The second-order valence-corrected chi connectivity index (χ2v) is 12.1. The molecule has 0 saturated heterocycles. The van der Waals surface area contributed by atoms with Crippen molar-refractivity contribution >= 4 is 82.5 Å². The molecule has 3 heteroatoms. The predicted molar refractivity (Wildman–Crippen MR) is 196 cm³/mol. The molecular formula is C44H27NO2. The van der Waals surface area contributed by atoms with Crippen LogP contribution in [-0.2, 0) is 0 Å². The summed E-state index contributed by atoms with van der Waals surface area (Å²) in [6.07, 6.45) is 0. The number of benzene rings is 8. The van der Waals surface area contributed by atoms with Crippen LogP contribution < -0.4 is 4.90 Å². The highest BCUT2D eigenvalue weighted by Crippen LogP contribution is 2.50. The fourth-order valence-electron chi connectivity index (χ4n) is 7.37. The van der Waals surface area contributed by atoms with E-state index in [9.17, 15) is 0 Å². The van der Waals surface area contributed by atoms with Gasteiger partial charge in [-0.2, -0.15) is 0 Å². The molecule has 0 radical (unpaired) electrons. The number of hydrogen-bond acceptors (Lipinski definition) is 3. The highest BCUT2D eigenvalue weighted by molar-refractivity contribution is 6.32. The zero-order valence-corrected chi connectivity index (χ0v) is 25.4. The highest BCUT2D eigenvalue weighted by Gasteiger charge is 2.26. The SMILES string of the molecule is c1ccc(-c2cc(N(c3ccccc3)c3cccc4c3oc3ccccc34)c3c(c2)oc2c4ccccc4c4ccccc4c23)cc1. The van der Waals surface area contributed by atoms with Gasteiger partial charge in [0, 0.05) is 27.2 Å². The van der Waals surface area contributed by atoms with Crippen molar-refractivity contribution < 1.29 is 8.83 Å². The molecule has 0 N–H and O–H groups in total. The van der Waals surface area contributed by atoms with Crippen molar-refractivity contribution in [3.05, 3.63) is 164 Å². The van der Waals surface area contributed by atoms with Crippen LogP contribution >= 0.6 is 0 Å². The number of nitrogens with zero attached hydrogens (tertiary/aromatic N) is 1. The molecule has 47 heavy (non-hydrogen) atoms. The summed E-state index contributed by atoms with van der Waals surface area (Å²) in [5.74, 6) is 0. The van der Waals surface area contributed by atoms with Crippen molar-refractivity contribution in [1.82, 2.24) is 0 Å². The van der Waals surface area contributed by atoms with Crippen molar-refractivity contribution in [1.29, 1.82) is 0 Å². The third-order valence-corrected chi connectivity index (χ3v) is 9.42. The second-order valence-electron chi connectivity index (χ2n) is 12.1. The lowest BCUT2D eigenvalue weighted by molar-refractivity contribution is 0.669. The molecule has 0 amide bonds. The molecule has 0 aliphatic carbocycles. The van der Waals surface area contributed by atoms with E-state index in [-0.39, 0.29) is 0 Å². The Hall–Kier alpha value is -6.32. The quantitative estimate of drug-likeness (QED) is 0.188. The van der Waals surface area contributed by atoms with Gasteiger partial charge in [-0.25, -0.2) is 0 Å². The molecule has 220 valence electrons. The van der Waals surface area contributed by atoms with Gasteiger partial charge in [-0.15, -0.1) is 0 Å². The molecule has 2 heterocycles. The maximum atomic E-state index is 6.98. The average Bonchev–Trinajstić information content (AvgIpc) is 3.73. The Morgan fingerprint density at radius 3 is 1.70 bits per heavy atom. The number of fused-ring (bicyclic) bond motifs is 11. The maximum Gasteiger partial charge on any atom is 0.159 e. The van der Waals surface area contributed by atoms with Gasteiger partial charge in [-0.1, -0.05) is 127 Å². The molecule has 10 rings (SSSR count). The summed E-state index contributed by atoms with van der Waals surface area (Å²) < 4.78 is 13.7. The summed E-state index contributed by atoms with van der Waals surface area (Å²) in [7, 11) is 0. The molecule has 3 nitrogen and oxygen atoms in total. The van der Waals surface area contributed by atoms with Crippen molar-refractivity contribution in [3.63, 3.8) is 0 Å². The molecule has 0 atom stereocenters. The monoisotopic (exact) mass is 601 g/mol. The summed E-state index contributed by atoms with van der Waals surface area (Å²) in [6, 6.07) is 57.6. The molecule has 10 aromatic rings. The molecule has 0 saturated carbocycles. The van der Waals surface area contributed by atoms with E-state index in [1.165, 1.54) is 16.2 Å². The number of hydrogen-bond donors (Lipinski definition) is 0. The van der Waals surface area contributed by atoms with Crippen LogP contribution in [0.4, 0.5) is 17.1 Å². The summed E-state index contributed by atoms with van der Waals surface area (Å²) >= 11 is 0. The number of anilines is 3. The van der Waals surface area contributed by atoms with Gasteiger partial charge in [0.1, 0.15) is 16.7 Å². The van der Waals surface area contributed by atoms with Crippen LogP contribution in [0.2, 0.25) is 0 Å². The Bertz CT molecular complexity index is 2790. The van der Waals surface area contributed by atoms with Gasteiger partial charge in [0.05, 0.1) is 16.8 Å². The number of furan rings is 2. The Labute approximate surface area is 270 Å². The molecule has 2 aromatic heterocycles. The predicted octanol–water partition coefficient (Wildman–Crippen LogP) is 12.9. The molecule has 0 bridgehead atoms. The van der Waals surface area contributed by atoms with Gasteiger partial charge < -0.3 is 13.7 Å². The normalized spacial score (nSPS) is 11.8. The first-order chi connectivity index (χ1) is 23.3. The molecule has 0 spiro atoms. The Morgan fingerprint density at radius 2 is 0.915 bits per heavy atom. The molecule has 0 unspecified atom stereocenters. The van der Waals surface area contributed by atoms with Crippen LogP contribution in [0.3, 0.4) is 0 Å². The van der Waals surface area contributed by atoms with Gasteiger partial charge in [0.15, 0.2) is 5.58 Å². The van der Waals surface area contributed by atoms with E-state index in [4.69, 9.17) is 8.83 Å². The zero-order valence-electron chi connectivity index (χ0n) is 25.4. The van der Waals surface area contributed by atoms with E-state index in [1.807, 2.05) is 12.1 Å². The minimum absolute atomic E-state index is 0.843. The molecule has 0 fully saturated rings. The van der Waals surface area contributed by atoms with Gasteiger partial charge in [-0.05, 0) is 63.7 Å². The molecular weight excluding hydrogens is 574 g/mol. The average molecular weight is 602 g/mol. The van der Waals surface area contributed by atoms with Crippen LogP contribution in [0, 0.1) is 0 Å². The maximum absolute atomic E-state index is 6.98. The topological polar surface area (TPSA) is 29.5 Å². The van der Waals surface area contributed by atoms with E-state index in [0.717, 1.165) is 77.5 Å². The summed E-state index contributed by atoms with van der Waals surface area (Å²) in [6.45, 7) is 0. The first-order valence-electron chi connectivity index (χ1n) is 15.9. The third kappa shape index (κ3) is 3.87. The Morgan fingerprint density at radius 1 is 0.340 bits per heavy atom. The minimum Gasteiger partial charge on any atom is -0.455 e. The van der Waals surface area contributed by atoms with E-state index in [1.54, 1.807) is 0 Å². The first kappa shape index (κ1) is 26.0. The van der Waals surface area contributed by atoms with E-state index >= 15 is 0 Å². The van der Waals surface area contributed by atoms with Gasteiger partial charge in [0.25, 0.3) is 0 Å². The lowest BCUT2D eigenvalue weighted by Gasteiger charge is -2.27. The first-order valence-corrected chi connectivity index (χ1v) is 15.9. The Kier molecular flexibility index (Phi) is 5.57. The van der Waals surface area contributed by atoms with Crippen LogP contribution in [0.1, 0.15) is 0 Å².